The Morgan fingerprint density at radius 3 is 1.42 bits per heavy atom. The molecule has 0 saturated carbocycles. The van der Waals surface area contributed by atoms with E-state index in [0.717, 1.165) is 15.8 Å². The van der Waals surface area contributed by atoms with Crippen molar-refractivity contribution in [1.29, 1.82) is 0 Å². The van der Waals surface area contributed by atoms with E-state index < -0.39 is 6.89 Å². The maximum Gasteiger partial charge on any atom is 0.190 e. The molecule has 154 valence electrons. The van der Waals surface area contributed by atoms with E-state index in [4.69, 9.17) is 0 Å². The topological polar surface area (TPSA) is 17.1 Å². The van der Waals surface area contributed by atoms with Crippen LogP contribution < -0.4 is 15.9 Å². The van der Waals surface area contributed by atoms with Gasteiger partial charge in [0.05, 0.1) is 0 Å². The lowest BCUT2D eigenvalue weighted by Gasteiger charge is -2.31. The van der Waals surface area contributed by atoms with E-state index in [1.165, 1.54) is 15.9 Å². The Kier molecular flexibility index (Phi) is 6.61. The van der Waals surface area contributed by atoms with Crippen LogP contribution in [0.5, 0.6) is 0 Å². The Morgan fingerprint density at radius 2 is 1.00 bits per heavy atom. The SMILES string of the molecule is CSc1ccccc1C(=O)C(C)=P(c1ccccc1)(c1ccccc1)c1ccccc1. The Bertz CT molecular complexity index is 1130. The second-order valence-electron chi connectivity index (χ2n) is 7.29. The zero-order chi connectivity index (χ0) is 21.7. The molecule has 0 saturated heterocycles. The molecule has 4 aromatic carbocycles. The summed E-state index contributed by atoms with van der Waals surface area (Å²) in [6.07, 6.45) is 2.02. The van der Waals surface area contributed by atoms with Crippen LogP contribution in [0, 0.1) is 0 Å². The Morgan fingerprint density at radius 1 is 0.613 bits per heavy atom. The number of thioether (sulfide) groups is 1. The van der Waals surface area contributed by atoms with Crippen LogP contribution in [0.3, 0.4) is 0 Å². The third-order valence-corrected chi connectivity index (χ3v) is 10.8. The highest BCUT2D eigenvalue weighted by Crippen LogP contribution is 2.46. The molecule has 0 aromatic heterocycles. The number of ketones is 1. The molecule has 0 fully saturated rings. The summed E-state index contributed by atoms with van der Waals surface area (Å²) in [6, 6.07) is 39.5. The number of carbonyl (C=O) groups is 1. The van der Waals surface area contributed by atoms with Gasteiger partial charge >= 0.3 is 0 Å². The molecule has 0 radical (unpaired) electrons. The zero-order valence-corrected chi connectivity index (χ0v) is 19.4. The lowest BCUT2D eigenvalue weighted by Crippen LogP contribution is -2.32. The van der Waals surface area contributed by atoms with Gasteiger partial charge in [0.2, 0.25) is 0 Å². The van der Waals surface area contributed by atoms with Crippen LogP contribution in [0.2, 0.25) is 0 Å². The second kappa shape index (κ2) is 9.56. The van der Waals surface area contributed by atoms with E-state index in [1.54, 1.807) is 11.8 Å². The fourth-order valence-electron chi connectivity index (χ4n) is 4.16. The van der Waals surface area contributed by atoms with Crippen molar-refractivity contribution in [2.45, 2.75) is 11.8 Å². The molecule has 0 aliphatic carbocycles. The van der Waals surface area contributed by atoms with Gasteiger partial charge in [0.1, 0.15) is 0 Å². The fourth-order valence-corrected chi connectivity index (χ4v) is 9.10. The number of carbonyl (C=O) groups excluding carboxylic acids is 1. The maximum atomic E-state index is 14.1. The number of hydrogen-bond donors (Lipinski definition) is 0. The van der Waals surface area contributed by atoms with Crippen molar-refractivity contribution in [2.24, 2.45) is 0 Å². The van der Waals surface area contributed by atoms with Gasteiger partial charge in [0.25, 0.3) is 0 Å². The van der Waals surface area contributed by atoms with Crippen molar-refractivity contribution >= 4 is 45.6 Å². The largest absolute Gasteiger partial charge is 0.289 e. The molecule has 4 aromatic rings. The summed E-state index contributed by atoms with van der Waals surface area (Å²) in [6.45, 7) is -0.296. The molecule has 0 amide bonds. The smallest absolute Gasteiger partial charge is 0.190 e. The first kappa shape index (κ1) is 21.4. The lowest BCUT2D eigenvalue weighted by molar-refractivity contribution is 0.106. The minimum absolute atomic E-state index is 0.120. The molecule has 3 heteroatoms. The average molecular weight is 441 g/mol. The summed E-state index contributed by atoms with van der Waals surface area (Å²) in [5.41, 5.74) is 0.777. The first-order valence-corrected chi connectivity index (χ1v) is 13.3. The van der Waals surface area contributed by atoms with E-state index in [-0.39, 0.29) is 5.78 Å². The predicted octanol–water partition coefficient (Wildman–Crippen LogP) is 5.78. The first-order valence-electron chi connectivity index (χ1n) is 10.3. The summed E-state index contributed by atoms with van der Waals surface area (Å²) in [4.78, 5) is 15.1. The second-order valence-corrected chi connectivity index (χ2v) is 11.7. The standard InChI is InChI=1S/C28H25OPS/c1-22(28(29)26-20-12-13-21-27(26)31-2)30(23-14-6-3-7-15-23,24-16-8-4-9-17-24)25-18-10-5-11-19-25/h3-21H,1-2H3. The molecule has 0 bridgehead atoms. The maximum absolute atomic E-state index is 14.1. The summed E-state index contributed by atoms with van der Waals surface area (Å²) in [5, 5.41) is 4.48. The van der Waals surface area contributed by atoms with Gasteiger partial charge in [-0.2, -0.15) is 0 Å². The Labute approximate surface area is 189 Å². The highest BCUT2D eigenvalue weighted by atomic mass is 32.2. The van der Waals surface area contributed by atoms with Crippen LogP contribution in [0.1, 0.15) is 17.3 Å². The minimum atomic E-state index is -2.34. The van der Waals surface area contributed by atoms with Crippen LogP contribution in [0.4, 0.5) is 0 Å². The van der Waals surface area contributed by atoms with Crippen LogP contribution in [0.15, 0.2) is 120 Å². The van der Waals surface area contributed by atoms with E-state index in [9.17, 15) is 4.79 Å². The molecule has 0 aliphatic heterocycles. The molecule has 0 atom stereocenters. The summed E-state index contributed by atoms with van der Waals surface area (Å²) in [7, 11) is 0. The van der Waals surface area contributed by atoms with Crippen molar-refractivity contribution in [3.8, 4) is 0 Å². The number of hydrogen-bond acceptors (Lipinski definition) is 2. The molecule has 0 aliphatic rings. The van der Waals surface area contributed by atoms with Crippen molar-refractivity contribution < 1.29 is 4.79 Å². The first-order chi connectivity index (χ1) is 15.2. The van der Waals surface area contributed by atoms with E-state index in [1.807, 2.05) is 55.6 Å². The van der Waals surface area contributed by atoms with Crippen LogP contribution in [-0.4, -0.2) is 17.3 Å². The van der Waals surface area contributed by atoms with Crippen LogP contribution in [0.25, 0.3) is 0 Å². The van der Waals surface area contributed by atoms with E-state index in [0.29, 0.717) is 0 Å². The predicted molar refractivity (Wildman–Crippen MR) is 138 cm³/mol. The molecule has 31 heavy (non-hydrogen) atoms. The minimum Gasteiger partial charge on any atom is -0.289 e. The normalized spacial score (nSPS) is 11.2. The Hall–Kier alpha value is -2.80. The molecular weight excluding hydrogens is 415 g/mol. The quantitative estimate of drug-likeness (QED) is 0.215. The summed E-state index contributed by atoms with van der Waals surface area (Å²) in [5.74, 6) is 0.120. The number of benzene rings is 4. The Balaban J connectivity index is 2.15. The third kappa shape index (κ3) is 3.94. The van der Waals surface area contributed by atoms with Crippen molar-refractivity contribution in [1.82, 2.24) is 0 Å². The van der Waals surface area contributed by atoms with Gasteiger partial charge in [-0.25, -0.2) is 0 Å². The lowest BCUT2D eigenvalue weighted by atomic mass is 10.1. The molecule has 0 spiro atoms. The van der Waals surface area contributed by atoms with Gasteiger partial charge in [0.15, 0.2) is 5.78 Å². The van der Waals surface area contributed by atoms with Gasteiger partial charge in [-0.1, -0.05) is 103 Å². The molecule has 4 rings (SSSR count). The van der Waals surface area contributed by atoms with Gasteiger partial charge < -0.3 is 0 Å². The van der Waals surface area contributed by atoms with Gasteiger partial charge in [-0.05, 0) is 48.1 Å². The number of Topliss-reactive ketones (excluding diaryl/α,β-unsaturated/α-hetero) is 1. The molecule has 0 unspecified atom stereocenters. The van der Waals surface area contributed by atoms with Gasteiger partial charge in [-0.3, -0.25) is 4.79 Å². The summed E-state index contributed by atoms with van der Waals surface area (Å²) < 4.78 is 0. The fraction of sp³-hybridized carbons (Fsp3) is 0.0714. The third-order valence-electron chi connectivity index (χ3n) is 5.61. The molecule has 0 N–H and O–H groups in total. The van der Waals surface area contributed by atoms with Gasteiger partial charge in [0, 0.05) is 15.8 Å². The zero-order valence-electron chi connectivity index (χ0n) is 17.7. The highest BCUT2D eigenvalue weighted by Gasteiger charge is 2.31. The number of rotatable bonds is 6. The molecular formula is C28H25OPS. The molecule has 0 heterocycles. The van der Waals surface area contributed by atoms with Crippen LogP contribution >= 0.6 is 18.6 Å². The monoisotopic (exact) mass is 440 g/mol. The molecule has 1 nitrogen and oxygen atoms in total. The highest BCUT2D eigenvalue weighted by molar-refractivity contribution is 7.98. The van der Waals surface area contributed by atoms with Crippen molar-refractivity contribution in [3.05, 3.63) is 121 Å². The van der Waals surface area contributed by atoms with Gasteiger partial charge in [-0.15, -0.1) is 11.8 Å². The van der Waals surface area contributed by atoms with Crippen molar-refractivity contribution in [3.63, 3.8) is 0 Å². The average Bonchev–Trinajstić information content (AvgIpc) is 2.86. The van der Waals surface area contributed by atoms with Crippen molar-refractivity contribution in [2.75, 3.05) is 6.26 Å². The summed E-state index contributed by atoms with van der Waals surface area (Å²) >= 11 is 1.62. The van der Waals surface area contributed by atoms with Crippen LogP contribution in [-0.2, 0) is 0 Å². The van der Waals surface area contributed by atoms with E-state index in [2.05, 4.69) is 72.8 Å². The van der Waals surface area contributed by atoms with E-state index >= 15 is 0 Å².